The van der Waals surface area contributed by atoms with E-state index in [0.29, 0.717) is 11.4 Å². The molecule has 7 nitrogen and oxygen atoms in total. The first kappa shape index (κ1) is 20.3. The molecule has 0 unspecified atom stereocenters. The summed E-state index contributed by atoms with van der Waals surface area (Å²) in [5.41, 5.74) is -0.321. The summed E-state index contributed by atoms with van der Waals surface area (Å²) >= 11 is 0. The minimum atomic E-state index is -0.712. The Morgan fingerprint density at radius 3 is 1.79 bits per heavy atom. The number of para-hydroxylation sites is 2. The third-order valence-electron chi connectivity index (χ3n) is 5.54. The molecule has 0 aliphatic heterocycles. The van der Waals surface area contributed by atoms with Crippen molar-refractivity contribution in [2.45, 2.75) is 6.42 Å². The van der Waals surface area contributed by atoms with Crippen LogP contribution in [0.4, 0.5) is 0 Å². The zero-order chi connectivity index (χ0) is 22.9. The number of benzene rings is 3. The van der Waals surface area contributed by atoms with Gasteiger partial charge in [0.25, 0.3) is 11.1 Å². The van der Waals surface area contributed by atoms with Crippen molar-refractivity contribution in [2.24, 2.45) is 0 Å². The fourth-order valence-corrected chi connectivity index (χ4v) is 3.97. The Labute approximate surface area is 187 Å². The van der Waals surface area contributed by atoms with Crippen molar-refractivity contribution in [3.05, 3.63) is 133 Å². The van der Waals surface area contributed by atoms with Crippen molar-refractivity contribution in [2.75, 3.05) is 0 Å². The van der Waals surface area contributed by atoms with E-state index >= 15 is 0 Å². The molecular formula is C26H19N3O4. The number of nitrogens with zero attached hydrogens (tertiary/aromatic N) is 2. The highest BCUT2D eigenvalue weighted by atomic mass is 16.3. The first-order valence-electron chi connectivity index (χ1n) is 10.4. The molecule has 0 saturated heterocycles. The number of aromatic nitrogens is 3. The average molecular weight is 437 g/mol. The monoisotopic (exact) mass is 437 g/mol. The molecule has 0 amide bonds. The third-order valence-corrected chi connectivity index (χ3v) is 5.54. The lowest BCUT2D eigenvalue weighted by Gasteiger charge is -2.16. The lowest BCUT2D eigenvalue weighted by molar-refractivity contribution is 0.473. The number of H-pyrrole nitrogens is 1. The molecule has 5 aromatic rings. The molecule has 0 bridgehead atoms. The second-order valence-corrected chi connectivity index (χ2v) is 7.60. The van der Waals surface area contributed by atoms with Crippen LogP contribution < -0.4 is 16.8 Å². The van der Waals surface area contributed by atoms with Gasteiger partial charge in [0.05, 0.1) is 16.9 Å². The Hall–Kier alpha value is -4.65. The largest absolute Gasteiger partial charge is 0.506 e. The zero-order valence-corrected chi connectivity index (χ0v) is 17.4. The van der Waals surface area contributed by atoms with Crippen LogP contribution in [-0.2, 0) is 6.42 Å². The summed E-state index contributed by atoms with van der Waals surface area (Å²) < 4.78 is 2.23. The van der Waals surface area contributed by atoms with E-state index in [4.69, 9.17) is 0 Å². The normalized spacial score (nSPS) is 11.0. The van der Waals surface area contributed by atoms with Crippen molar-refractivity contribution in [1.29, 1.82) is 0 Å². The van der Waals surface area contributed by atoms with Gasteiger partial charge in [-0.15, -0.1) is 0 Å². The van der Waals surface area contributed by atoms with Gasteiger partial charge < -0.3 is 10.1 Å². The van der Waals surface area contributed by atoms with Gasteiger partial charge in [0.1, 0.15) is 16.8 Å². The third kappa shape index (κ3) is 3.45. The number of nitrogens with one attached hydrogen (secondary N) is 1. The van der Waals surface area contributed by atoms with E-state index in [2.05, 4.69) is 4.98 Å². The standard InChI is InChI=1S/C26H19N3O4/c30-22-20(16-17-10-4-1-5-11-17)24(31)27-23-21(22)25(32)29(19-14-8-3-9-15-19)26(33)28(23)18-12-6-2-7-13-18/h1-15H,16H2,(H2,27,30,31). The molecule has 0 aliphatic carbocycles. The highest BCUT2D eigenvalue weighted by Crippen LogP contribution is 2.25. The molecule has 0 radical (unpaired) electrons. The van der Waals surface area contributed by atoms with Gasteiger partial charge in [-0.1, -0.05) is 66.7 Å². The van der Waals surface area contributed by atoms with Crippen molar-refractivity contribution in [3.8, 4) is 17.1 Å². The Balaban J connectivity index is 1.91. The van der Waals surface area contributed by atoms with Gasteiger partial charge in [-0.05, 0) is 29.8 Å². The van der Waals surface area contributed by atoms with Gasteiger partial charge >= 0.3 is 5.69 Å². The Kier molecular flexibility index (Phi) is 4.99. The predicted molar refractivity (Wildman–Crippen MR) is 127 cm³/mol. The summed E-state index contributed by atoms with van der Waals surface area (Å²) in [7, 11) is 0. The molecule has 0 spiro atoms. The number of rotatable bonds is 4. The number of aromatic hydroxyl groups is 1. The van der Waals surface area contributed by atoms with Crippen molar-refractivity contribution in [1.82, 2.24) is 14.1 Å². The minimum absolute atomic E-state index is 0.0531. The molecule has 33 heavy (non-hydrogen) atoms. The SMILES string of the molecule is O=c1[nH]c2c(c(O)c1Cc1ccccc1)c(=O)n(-c1ccccc1)c(=O)n2-c1ccccc1. The number of fused-ring (bicyclic) bond motifs is 1. The average Bonchev–Trinajstić information content (AvgIpc) is 2.83. The van der Waals surface area contributed by atoms with Crippen LogP contribution in [0.5, 0.6) is 5.75 Å². The van der Waals surface area contributed by atoms with E-state index in [1.807, 2.05) is 30.3 Å². The second kappa shape index (κ2) is 8.12. The molecular weight excluding hydrogens is 418 g/mol. The highest BCUT2D eigenvalue weighted by Gasteiger charge is 2.22. The van der Waals surface area contributed by atoms with E-state index in [1.54, 1.807) is 60.7 Å². The maximum Gasteiger partial charge on any atom is 0.341 e. The number of hydrogen-bond acceptors (Lipinski definition) is 4. The maximum atomic E-state index is 13.5. The van der Waals surface area contributed by atoms with Gasteiger partial charge in [-0.3, -0.25) is 9.59 Å². The molecule has 0 aliphatic rings. The van der Waals surface area contributed by atoms with Crippen LogP contribution in [0, 0.1) is 0 Å². The quantitative estimate of drug-likeness (QED) is 0.451. The minimum Gasteiger partial charge on any atom is -0.506 e. The molecule has 0 saturated carbocycles. The lowest BCUT2D eigenvalue weighted by Crippen LogP contribution is -2.39. The van der Waals surface area contributed by atoms with E-state index in [1.165, 1.54) is 4.57 Å². The molecule has 7 heteroatoms. The number of pyridine rings is 1. The molecule has 3 aromatic carbocycles. The summed E-state index contributed by atoms with van der Waals surface area (Å²) in [5, 5.41) is 11.0. The molecule has 162 valence electrons. The summed E-state index contributed by atoms with van der Waals surface area (Å²) in [6, 6.07) is 26.3. The van der Waals surface area contributed by atoms with Gasteiger partial charge in [0, 0.05) is 6.42 Å². The summed E-state index contributed by atoms with van der Waals surface area (Å²) in [5.74, 6) is -0.433. The maximum absolute atomic E-state index is 13.5. The Morgan fingerprint density at radius 1 is 0.697 bits per heavy atom. The lowest BCUT2D eigenvalue weighted by atomic mass is 10.0. The number of aromatic amines is 1. The summed E-state index contributed by atoms with van der Waals surface area (Å²) in [4.78, 5) is 42.7. The van der Waals surface area contributed by atoms with E-state index < -0.39 is 22.6 Å². The molecule has 2 aromatic heterocycles. The van der Waals surface area contributed by atoms with Gasteiger partial charge in [-0.25, -0.2) is 13.9 Å². The van der Waals surface area contributed by atoms with E-state index in [9.17, 15) is 19.5 Å². The fraction of sp³-hybridized carbons (Fsp3) is 0.0385. The fourth-order valence-electron chi connectivity index (χ4n) is 3.97. The van der Waals surface area contributed by atoms with Crippen LogP contribution >= 0.6 is 0 Å². The number of hydrogen-bond donors (Lipinski definition) is 2. The second-order valence-electron chi connectivity index (χ2n) is 7.60. The predicted octanol–water partition coefficient (Wildman–Crippen LogP) is 3.13. The van der Waals surface area contributed by atoms with Gasteiger partial charge in [0.15, 0.2) is 0 Å². The van der Waals surface area contributed by atoms with E-state index in [0.717, 1.165) is 10.1 Å². The summed E-state index contributed by atoms with van der Waals surface area (Å²) in [6.07, 6.45) is 0.132. The van der Waals surface area contributed by atoms with E-state index in [-0.39, 0.29) is 23.0 Å². The Bertz CT molecular complexity index is 1640. The highest BCUT2D eigenvalue weighted by molar-refractivity contribution is 5.84. The Morgan fingerprint density at radius 2 is 1.21 bits per heavy atom. The van der Waals surface area contributed by atoms with Crippen molar-refractivity contribution in [3.63, 3.8) is 0 Å². The van der Waals surface area contributed by atoms with Gasteiger partial charge in [0.2, 0.25) is 0 Å². The van der Waals surface area contributed by atoms with Crippen molar-refractivity contribution >= 4 is 11.0 Å². The molecule has 2 heterocycles. The van der Waals surface area contributed by atoms with Crippen LogP contribution in [0.3, 0.4) is 0 Å². The van der Waals surface area contributed by atoms with Crippen LogP contribution in [0.25, 0.3) is 22.4 Å². The molecule has 2 N–H and O–H groups in total. The van der Waals surface area contributed by atoms with Crippen LogP contribution in [0.1, 0.15) is 11.1 Å². The van der Waals surface area contributed by atoms with Crippen LogP contribution in [-0.4, -0.2) is 19.2 Å². The first-order valence-corrected chi connectivity index (χ1v) is 10.4. The van der Waals surface area contributed by atoms with Crippen LogP contribution in [0.15, 0.2) is 105 Å². The first-order chi connectivity index (χ1) is 16.1. The summed E-state index contributed by atoms with van der Waals surface area (Å²) in [6.45, 7) is 0. The van der Waals surface area contributed by atoms with Crippen molar-refractivity contribution < 1.29 is 5.11 Å². The zero-order valence-electron chi connectivity index (χ0n) is 17.4. The van der Waals surface area contributed by atoms with Gasteiger partial charge in [-0.2, -0.15) is 0 Å². The molecule has 0 atom stereocenters. The topological polar surface area (TPSA) is 97.1 Å². The smallest absolute Gasteiger partial charge is 0.341 e. The molecule has 0 fully saturated rings. The van der Waals surface area contributed by atoms with Crippen LogP contribution in [0.2, 0.25) is 0 Å². The molecule has 5 rings (SSSR count).